The topological polar surface area (TPSA) is 86.1 Å². The lowest BCUT2D eigenvalue weighted by Crippen LogP contribution is -2.25. The van der Waals surface area contributed by atoms with Crippen LogP contribution < -0.4 is 9.46 Å². The maximum absolute atomic E-state index is 13.9. The summed E-state index contributed by atoms with van der Waals surface area (Å²) < 4.78 is 48.2. The van der Waals surface area contributed by atoms with Gasteiger partial charge in [0.25, 0.3) is 0 Å². The minimum Gasteiger partial charge on any atom is -0.497 e. The number of halogens is 2. The first-order valence-electron chi connectivity index (χ1n) is 8.61. The minimum atomic E-state index is -4.08. The lowest BCUT2D eigenvalue weighted by Gasteiger charge is -2.12. The number of ether oxygens (including phenoxy) is 1. The number of methoxy groups -OCH3 is 1. The van der Waals surface area contributed by atoms with Gasteiger partial charge in [-0.25, -0.2) is 17.5 Å². The van der Waals surface area contributed by atoms with Gasteiger partial charge in [0.15, 0.2) is 11.0 Å². The highest BCUT2D eigenvalue weighted by Gasteiger charge is 2.21. The Morgan fingerprint density at radius 2 is 1.93 bits per heavy atom. The summed E-state index contributed by atoms with van der Waals surface area (Å²) in [4.78, 5) is -0.437. The Balaban J connectivity index is 1.92. The highest BCUT2D eigenvalue weighted by Crippen LogP contribution is 2.26. The monoisotopic (exact) mass is 468 g/mol. The first kappa shape index (κ1) is 22.3. The summed E-state index contributed by atoms with van der Waals surface area (Å²) in [5.74, 6) is 0.551. The molecule has 0 saturated carbocycles. The van der Waals surface area contributed by atoms with Crippen molar-refractivity contribution in [1.82, 2.24) is 19.5 Å². The average molecular weight is 469 g/mol. The van der Waals surface area contributed by atoms with Crippen LogP contribution in [0.3, 0.4) is 0 Å². The third-order valence-corrected chi connectivity index (χ3v) is 6.68. The van der Waals surface area contributed by atoms with E-state index in [0.29, 0.717) is 33.2 Å². The van der Waals surface area contributed by atoms with Crippen LogP contribution >= 0.6 is 23.4 Å². The highest BCUT2D eigenvalue weighted by molar-refractivity contribution is 7.99. The number of thioether (sulfide) groups is 1. The largest absolute Gasteiger partial charge is 0.497 e. The lowest BCUT2D eigenvalue weighted by atomic mass is 10.3. The standard InChI is InChI=1S/C19H18ClFN4O3S2/c1-13(20)12-29-19-24-23-18(25(19)14-7-9-15(28-2)10-8-14)11-22-30(26,27)17-6-4-3-5-16(17)21/h3-10,22H,1,11-12H2,2H3. The van der Waals surface area contributed by atoms with E-state index < -0.39 is 20.7 Å². The van der Waals surface area contributed by atoms with Crippen LogP contribution in [0.4, 0.5) is 4.39 Å². The molecule has 0 amide bonds. The Kier molecular flexibility index (Phi) is 7.14. The van der Waals surface area contributed by atoms with Crippen molar-refractivity contribution in [3.8, 4) is 11.4 Å². The number of rotatable bonds is 9. The van der Waals surface area contributed by atoms with Gasteiger partial charge in [-0.15, -0.1) is 10.2 Å². The molecule has 0 bridgehead atoms. The SMILES string of the molecule is C=C(Cl)CSc1nnc(CNS(=O)(=O)c2ccccc2F)n1-c1ccc(OC)cc1. The second kappa shape index (κ2) is 9.61. The van der Waals surface area contributed by atoms with Gasteiger partial charge in [0.1, 0.15) is 16.5 Å². The van der Waals surface area contributed by atoms with Crippen molar-refractivity contribution >= 4 is 33.4 Å². The van der Waals surface area contributed by atoms with Crippen LogP contribution in [0.1, 0.15) is 5.82 Å². The quantitative estimate of drug-likeness (QED) is 0.481. The van der Waals surface area contributed by atoms with E-state index in [9.17, 15) is 12.8 Å². The molecule has 0 aliphatic carbocycles. The number of hydrogen-bond donors (Lipinski definition) is 1. The van der Waals surface area contributed by atoms with Gasteiger partial charge < -0.3 is 4.74 Å². The van der Waals surface area contributed by atoms with Crippen molar-refractivity contribution in [2.45, 2.75) is 16.6 Å². The van der Waals surface area contributed by atoms with E-state index in [1.54, 1.807) is 35.9 Å². The van der Waals surface area contributed by atoms with E-state index in [1.165, 1.54) is 30.0 Å². The summed E-state index contributed by atoms with van der Waals surface area (Å²) in [5.41, 5.74) is 0.698. The Labute approximate surface area is 183 Å². The number of aromatic nitrogens is 3. The Hall–Kier alpha value is -2.40. The van der Waals surface area contributed by atoms with E-state index in [2.05, 4.69) is 21.5 Å². The van der Waals surface area contributed by atoms with Gasteiger partial charge in [-0.05, 0) is 36.4 Å². The summed E-state index contributed by atoms with van der Waals surface area (Å²) in [5, 5.41) is 9.17. The van der Waals surface area contributed by atoms with Crippen LogP contribution in [0.25, 0.3) is 5.69 Å². The smallest absolute Gasteiger partial charge is 0.243 e. The van der Waals surface area contributed by atoms with Gasteiger partial charge in [0.05, 0.1) is 13.7 Å². The summed E-state index contributed by atoms with van der Waals surface area (Å²) in [6.07, 6.45) is 0. The molecule has 0 atom stereocenters. The molecule has 158 valence electrons. The van der Waals surface area contributed by atoms with Gasteiger partial charge in [0.2, 0.25) is 10.0 Å². The normalized spacial score (nSPS) is 11.4. The van der Waals surface area contributed by atoms with Crippen LogP contribution in [-0.4, -0.2) is 36.0 Å². The maximum atomic E-state index is 13.9. The molecule has 1 N–H and O–H groups in total. The van der Waals surface area contributed by atoms with Crippen molar-refractivity contribution in [2.24, 2.45) is 0 Å². The van der Waals surface area contributed by atoms with Gasteiger partial charge >= 0.3 is 0 Å². The number of sulfonamides is 1. The fourth-order valence-corrected chi connectivity index (χ4v) is 4.49. The predicted molar refractivity (Wildman–Crippen MR) is 114 cm³/mol. The summed E-state index contributed by atoms with van der Waals surface area (Å²) in [6.45, 7) is 3.46. The zero-order chi connectivity index (χ0) is 21.7. The average Bonchev–Trinajstić information content (AvgIpc) is 3.14. The van der Waals surface area contributed by atoms with Crippen molar-refractivity contribution in [2.75, 3.05) is 12.9 Å². The van der Waals surface area contributed by atoms with Gasteiger partial charge in [-0.2, -0.15) is 0 Å². The summed E-state index contributed by atoms with van der Waals surface area (Å²) in [6, 6.07) is 12.2. The van der Waals surface area contributed by atoms with E-state index in [0.717, 1.165) is 6.07 Å². The molecule has 30 heavy (non-hydrogen) atoms. The van der Waals surface area contributed by atoms with Gasteiger partial charge in [-0.1, -0.05) is 42.1 Å². The van der Waals surface area contributed by atoms with E-state index in [-0.39, 0.29) is 6.54 Å². The molecule has 1 heterocycles. The maximum Gasteiger partial charge on any atom is 0.243 e. The first-order chi connectivity index (χ1) is 14.3. The zero-order valence-corrected chi connectivity index (χ0v) is 18.3. The number of hydrogen-bond acceptors (Lipinski definition) is 6. The summed E-state index contributed by atoms with van der Waals surface area (Å²) >= 11 is 7.16. The molecule has 3 aromatic rings. The molecule has 0 aliphatic heterocycles. The van der Waals surface area contributed by atoms with Crippen LogP contribution in [0.2, 0.25) is 0 Å². The predicted octanol–water partition coefficient (Wildman–Crippen LogP) is 3.74. The third-order valence-electron chi connectivity index (χ3n) is 3.94. The van der Waals surface area contributed by atoms with Gasteiger partial charge in [-0.3, -0.25) is 4.57 Å². The second-order valence-corrected chi connectivity index (χ2v) is 9.21. The van der Waals surface area contributed by atoms with Crippen LogP contribution in [0.5, 0.6) is 5.75 Å². The molecule has 7 nitrogen and oxygen atoms in total. The molecule has 11 heteroatoms. The third kappa shape index (κ3) is 5.20. The number of benzene rings is 2. The van der Waals surface area contributed by atoms with E-state index in [1.807, 2.05) is 0 Å². The Morgan fingerprint density at radius 1 is 1.23 bits per heavy atom. The van der Waals surface area contributed by atoms with E-state index in [4.69, 9.17) is 16.3 Å². The molecule has 3 rings (SSSR count). The fourth-order valence-electron chi connectivity index (χ4n) is 2.54. The molecule has 0 spiro atoms. The fraction of sp³-hybridized carbons (Fsp3) is 0.158. The van der Waals surface area contributed by atoms with Crippen molar-refractivity contribution in [3.05, 3.63) is 71.8 Å². The molecule has 0 unspecified atom stereocenters. The number of nitrogens with one attached hydrogen (secondary N) is 1. The molecule has 2 aromatic carbocycles. The van der Waals surface area contributed by atoms with Gasteiger partial charge in [0, 0.05) is 16.5 Å². The second-order valence-electron chi connectivity index (χ2n) is 5.99. The van der Waals surface area contributed by atoms with Crippen molar-refractivity contribution in [3.63, 3.8) is 0 Å². The van der Waals surface area contributed by atoms with Crippen LogP contribution in [0.15, 0.2) is 70.2 Å². The Morgan fingerprint density at radius 3 is 2.57 bits per heavy atom. The minimum absolute atomic E-state index is 0.196. The van der Waals surface area contributed by atoms with Crippen LogP contribution in [-0.2, 0) is 16.6 Å². The van der Waals surface area contributed by atoms with Crippen molar-refractivity contribution in [1.29, 1.82) is 0 Å². The highest BCUT2D eigenvalue weighted by atomic mass is 35.5. The molecule has 1 aromatic heterocycles. The molecule has 0 fully saturated rings. The Bertz CT molecular complexity index is 1150. The van der Waals surface area contributed by atoms with Crippen LogP contribution in [0, 0.1) is 5.82 Å². The molecule has 0 saturated heterocycles. The zero-order valence-electron chi connectivity index (χ0n) is 15.9. The molecular weight excluding hydrogens is 451 g/mol. The lowest BCUT2D eigenvalue weighted by molar-refractivity contribution is 0.414. The summed E-state index contributed by atoms with van der Waals surface area (Å²) in [7, 11) is -2.52. The van der Waals surface area contributed by atoms with E-state index >= 15 is 0 Å². The molecule has 0 aliphatic rings. The molecule has 0 radical (unpaired) electrons. The molecular formula is C19H18ClFN4O3S2. The number of nitrogens with zero attached hydrogens (tertiary/aromatic N) is 3. The van der Waals surface area contributed by atoms with Crippen molar-refractivity contribution < 1.29 is 17.5 Å². The first-order valence-corrected chi connectivity index (χ1v) is 11.5.